The minimum Gasteiger partial charge on any atom is -0.340 e. The fraction of sp³-hybridized carbons (Fsp3) is 0.643. The van der Waals surface area contributed by atoms with E-state index < -0.39 is 0 Å². The number of nitrogens with zero attached hydrogens (tertiary/aromatic N) is 3. The van der Waals surface area contributed by atoms with Crippen molar-refractivity contribution in [3.05, 3.63) is 17.5 Å². The highest BCUT2D eigenvalue weighted by Crippen LogP contribution is 2.17. The molecule has 0 radical (unpaired) electrons. The van der Waals surface area contributed by atoms with Crippen LogP contribution < -0.4 is 5.32 Å². The zero-order valence-electron chi connectivity index (χ0n) is 12.8. The molecule has 1 N–H and O–H groups in total. The second-order valence-electron chi connectivity index (χ2n) is 5.19. The summed E-state index contributed by atoms with van der Waals surface area (Å²) in [7, 11) is 1.96. The quantitative estimate of drug-likeness (QED) is 0.674. The van der Waals surface area contributed by atoms with Crippen LogP contribution in [0.3, 0.4) is 0 Å². The van der Waals surface area contributed by atoms with Crippen molar-refractivity contribution < 1.29 is 4.79 Å². The highest BCUT2D eigenvalue weighted by atomic mass is 35.5. The molecular weight excluding hydrogens is 308 g/mol. The number of carbonyl (C=O) groups excluding carboxylic acids is 1. The molecule has 5 nitrogen and oxygen atoms in total. The molecule has 0 saturated carbocycles. The molecule has 1 aromatic rings. The van der Waals surface area contributed by atoms with E-state index in [4.69, 9.17) is 0 Å². The Morgan fingerprint density at radius 1 is 1.43 bits per heavy atom. The monoisotopic (exact) mass is 330 g/mol. The first-order valence-electron chi connectivity index (χ1n) is 6.98. The molecule has 1 fully saturated rings. The number of carbonyl (C=O) groups is 1. The lowest BCUT2D eigenvalue weighted by molar-refractivity contribution is -0.129. The molecule has 1 unspecified atom stereocenters. The normalized spacial score (nSPS) is 18.2. The first-order valence-corrected chi connectivity index (χ1v) is 7.97. The Bertz CT molecular complexity index is 466. The average Bonchev–Trinajstić information content (AvgIpc) is 2.44. The van der Waals surface area contributed by atoms with Gasteiger partial charge in [-0.05, 0) is 39.8 Å². The number of rotatable bonds is 4. The number of aromatic nitrogens is 2. The Morgan fingerprint density at radius 3 is 2.71 bits per heavy atom. The molecule has 0 bridgehead atoms. The van der Waals surface area contributed by atoms with Crippen molar-refractivity contribution in [2.24, 2.45) is 0 Å². The minimum atomic E-state index is 0. The number of amides is 1. The van der Waals surface area contributed by atoms with Gasteiger partial charge in [0.25, 0.3) is 0 Å². The zero-order valence-corrected chi connectivity index (χ0v) is 14.4. The van der Waals surface area contributed by atoms with E-state index >= 15 is 0 Å². The van der Waals surface area contributed by atoms with Gasteiger partial charge in [0, 0.05) is 30.5 Å². The molecular formula is C14H23ClN4OS. The molecule has 0 aromatic carbocycles. The molecule has 1 atom stereocenters. The van der Waals surface area contributed by atoms with Crippen molar-refractivity contribution in [1.82, 2.24) is 20.2 Å². The lowest BCUT2D eigenvalue weighted by Gasteiger charge is -2.32. The number of hydrogen-bond donors (Lipinski definition) is 1. The van der Waals surface area contributed by atoms with Crippen LogP contribution in [0.2, 0.25) is 0 Å². The highest BCUT2D eigenvalue weighted by molar-refractivity contribution is 7.99. The second kappa shape index (κ2) is 8.56. The summed E-state index contributed by atoms with van der Waals surface area (Å²) in [4.78, 5) is 22.9. The van der Waals surface area contributed by atoms with Gasteiger partial charge in [0.05, 0.1) is 5.75 Å². The van der Waals surface area contributed by atoms with Gasteiger partial charge < -0.3 is 10.2 Å². The second-order valence-corrected chi connectivity index (χ2v) is 6.13. The summed E-state index contributed by atoms with van der Waals surface area (Å²) < 4.78 is 0. The van der Waals surface area contributed by atoms with Gasteiger partial charge in [-0.2, -0.15) is 0 Å². The van der Waals surface area contributed by atoms with Crippen LogP contribution in [0.5, 0.6) is 0 Å². The largest absolute Gasteiger partial charge is 0.340 e. The third-order valence-electron chi connectivity index (χ3n) is 3.47. The number of nitrogens with one attached hydrogen (secondary N) is 1. The molecule has 0 spiro atoms. The summed E-state index contributed by atoms with van der Waals surface area (Å²) in [6.07, 6.45) is 2.22. The summed E-state index contributed by atoms with van der Waals surface area (Å²) in [5.41, 5.74) is 1.89. The van der Waals surface area contributed by atoms with Gasteiger partial charge in [0.1, 0.15) is 0 Å². The smallest absolute Gasteiger partial charge is 0.233 e. The molecule has 1 aromatic heterocycles. The van der Waals surface area contributed by atoms with Gasteiger partial charge in [-0.15, -0.1) is 12.4 Å². The number of aryl methyl sites for hydroxylation is 2. The van der Waals surface area contributed by atoms with E-state index in [-0.39, 0.29) is 18.3 Å². The molecule has 1 amide bonds. The number of piperidine rings is 1. The number of likely N-dealkylation sites (N-methyl/N-ethyl adjacent to an activating group) is 1. The van der Waals surface area contributed by atoms with Gasteiger partial charge in [-0.3, -0.25) is 4.79 Å². The number of likely N-dealkylation sites (tertiary alicyclic amines) is 1. The van der Waals surface area contributed by atoms with E-state index in [1.807, 2.05) is 31.9 Å². The van der Waals surface area contributed by atoms with Crippen LogP contribution in [0.1, 0.15) is 24.2 Å². The third-order valence-corrected chi connectivity index (χ3v) is 4.30. The lowest BCUT2D eigenvalue weighted by Crippen LogP contribution is -2.47. The van der Waals surface area contributed by atoms with Gasteiger partial charge in [-0.25, -0.2) is 9.97 Å². The Balaban J connectivity index is 0.00000220. The maximum Gasteiger partial charge on any atom is 0.233 e. The molecule has 1 aliphatic rings. The number of hydrogen-bond acceptors (Lipinski definition) is 5. The zero-order chi connectivity index (χ0) is 14.5. The van der Waals surface area contributed by atoms with Crippen LogP contribution >= 0.6 is 24.2 Å². The topological polar surface area (TPSA) is 58.1 Å². The maximum absolute atomic E-state index is 12.2. The maximum atomic E-state index is 12.2. The summed E-state index contributed by atoms with van der Waals surface area (Å²) in [6, 6.07) is 2.36. The molecule has 0 aliphatic carbocycles. The summed E-state index contributed by atoms with van der Waals surface area (Å²) >= 11 is 1.43. The van der Waals surface area contributed by atoms with Crippen LogP contribution in [0, 0.1) is 13.8 Å². The van der Waals surface area contributed by atoms with E-state index in [2.05, 4.69) is 15.3 Å². The first kappa shape index (κ1) is 18.2. The molecule has 2 heterocycles. The Hall–Kier alpha value is -0.850. The van der Waals surface area contributed by atoms with Gasteiger partial charge in [0.2, 0.25) is 5.91 Å². The molecule has 1 aliphatic heterocycles. The predicted octanol–water partition coefficient (Wildman–Crippen LogP) is 1.82. The number of thioether (sulfide) groups is 1. The standard InChI is InChI=1S/C14H22N4OS.ClH/c1-10-7-11(2)17-14(16-10)20-9-13(19)18-6-4-5-12(8-18)15-3;/h7,12,15H,4-6,8-9H2,1-3H3;1H. The molecule has 2 rings (SSSR count). The summed E-state index contributed by atoms with van der Waals surface area (Å²) in [6.45, 7) is 5.57. The first-order chi connectivity index (χ1) is 9.58. The van der Waals surface area contributed by atoms with E-state index in [0.29, 0.717) is 17.0 Å². The highest BCUT2D eigenvalue weighted by Gasteiger charge is 2.22. The van der Waals surface area contributed by atoms with Gasteiger partial charge >= 0.3 is 0 Å². The van der Waals surface area contributed by atoms with Crippen LogP contribution in [-0.4, -0.2) is 52.7 Å². The van der Waals surface area contributed by atoms with Gasteiger partial charge in [0.15, 0.2) is 5.16 Å². The fourth-order valence-corrected chi connectivity index (χ4v) is 3.27. The molecule has 7 heteroatoms. The summed E-state index contributed by atoms with van der Waals surface area (Å²) in [5, 5.41) is 3.94. The SMILES string of the molecule is CNC1CCCN(C(=O)CSc2nc(C)cc(C)n2)C1.Cl. The van der Waals surface area contributed by atoms with Crippen LogP contribution in [0.25, 0.3) is 0 Å². The third kappa shape index (κ3) is 5.45. The van der Waals surface area contributed by atoms with Crippen LogP contribution in [0.4, 0.5) is 0 Å². The van der Waals surface area contributed by atoms with E-state index in [0.717, 1.165) is 37.3 Å². The molecule has 118 valence electrons. The van der Waals surface area contributed by atoms with E-state index in [9.17, 15) is 4.79 Å². The Kier molecular flexibility index (Phi) is 7.42. The lowest BCUT2D eigenvalue weighted by atomic mass is 10.1. The fourth-order valence-electron chi connectivity index (χ4n) is 2.41. The van der Waals surface area contributed by atoms with Crippen molar-refractivity contribution in [3.63, 3.8) is 0 Å². The van der Waals surface area contributed by atoms with E-state index in [1.54, 1.807) is 0 Å². The Morgan fingerprint density at radius 2 is 2.10 bits per heavy atom. The van der Waals surface area contributed by atoms with Crippen molar-refractivity contribution in [3.8, 4) is 0 Å². The van der Waals surface area contributed by atoms with Crippen molar-refractivity contribution >= 4 is 30.1 Å². The molecule has 21 heavy (non-hydrogen) atoms. The van der Waals surface area contributed by atoms with Gasteiger partial charge in [-0.1, -0.05) is 11.8 Å². The minimum absolute atomic E-state index is 0. The average molecular weight is 331 g/mol. The molecule has 1 saturated heterocycles. The van der Waals surface area contributed by atoms with Crippen molar-refractivity contribution in [2.45, 2.75) is 37.9 Å². The number of halogens is 1. The van der Waals surface area contributed by atoms with E-state index in [1.165, 1.54) is 11.8 Å². The Labute approximate surface area is 136 Å². The van der Waals surface area contributed by atoms with Crippen LogP contribution in [0.15, 0.2) is 11.2 Å². The van der Waals surface area contributed by atoms with Crippen molar-refractivity contribution in [2.75, 3.05) is 25.9 Å². The van der Waals surface area contributed by atoms with Crippen molar-refractivity contribution in [1.29, 1.82) is 0 Å². The predicted molar refractivity (Wildman–Crippen MR) is 88.1 cm³/mol. The summed E-state index contributed by atoms with van der Waals surface area (Å²) in [5.74, 6) is 0.594. The van der Waals surface area contributed by atoms with Crippen LogP contribution in [-0.2, 0) is 4.79 Å².